The molecule has 0 saturated carbocycles. The van der Waals surface area contributed by atoms with Crippen molar-refractivity contribution in [3.8, 4) is 0 Å². The Hall–Kier alpha value is -1.82. The summed E-state index contributed by atoms with van der Waals surface area (Å²) >= 11 is 0. The van der Waals surface area contributed by atoms with E-state index in [2.05, 4.69) is 5.32 Å². The first-order valence-corrected chi connectivity index (χ1v) is 6.32. The van der Waals surface area contributed by atoms with Gasteiger partial charge in [0.05, 0.1) is 6.54 Å². The number of pyridine rings is 1. The number of nitrogen functional groups attached to an aromatic ring is 1. The van der Waals surface area contributed by atoms with Crippen molar-refractivity contribution in [3.05, 3.63) is 28.7 Å². The summed E-state index contributed by atoms with van der Waals surface area (Å²) in [6.45, 7) is 5.27. The van der Waals surface area contributed by atoms with Gasteiger partial charge in [-0.05, 0) is 27.0 Å². The topological polar surface area (TPSA) is 80.4 Å². The van der Waals surface area contributed by atoms with Crippen LogP contribution in [-0.2, 0) is 11.3 Å². The molecule has 1 rings (SSSR count). The average Bonchev–Trinajstić information content (AvgIpc) is 2.29. The Morgan fingerprint density at radius 3 is 2.79 bits per heavy atom. The molecule has 6 heteroatoms. The molecule has 0 unspecified atom stereocenters. The molecule has 1 heterocycles. The molecule has 106 valence electrons. The number of nitrogens with two attached hydrogens (primary N) is 1. The van der Waals surface area contributed by atoms with E-state index < -0.39 is 0 Å². The Kier molecular flexibility index (Phi) is 5.57. The van der Waals surface area contributed by atoms with Gasteiger partial charge in [-0.15, -0.1) is 0 Å². The van der Waals surface area contributed by atoms with Crippen LogP contribution in [0.1, 0.15) is 13.8 Å². The van der Waals surface area contributed by atoms with E-state index in [9.17, 15) is 9.59 Å². The molecular weight excluding hydrogens is 244 g/mol. The normalized spacial score (nSPS) is 11.0. The lowest BCUT2D eigenvalue weighted by Gasteiger charge is -2.18. The van der Waals surface area contributed by atoms with Crippen molar-refractivity contribution >= 4 is 11.6 Å². The van der Waals surface area contributed by atoms with Crippen LogP contribution < -0.4 is 16.6 Å². The monoisotopic (exact) mass is 266 g/mol. The van der Waals surface area contributed by atoms with Crippen molar-refractivity contribution in [3.63, 3.8) is 0 Å². The quantitative estimate of drug-likeness (QED) is 0.752. The van der Waals surface area contributed by atoms with Crippen LogP contribution in [0.25, 0.3) is 0 Å². The fourth-order valence-corrected chi connectivity index (χ4v) is 1.69. The van der Waals surface area contributed by atoms with E-state index in [1.807, 2.05) is 25.8 Å². The molecule has 0 aliphatic heterocycles. The molecule has 1 aromatic rings. The van der Waals surface area contributed by atoms with Gasteiger partial charge in [0.15, 0.2) is 0 Å². The SMILES string of the molecule is CC(C)NC(=O)CN(C)CCn1cc(N)ccc1=O. The fourth-order valence-electron chi connectivity index (χ4n) is 1.69. The van der Waals surface area contributed by atoms with Crippen LogP contribution in [0.3, 0.4) is 0 Å². The first-order valence-electron chi connectivity index (χ1n) is 6.32. The zero-order valence-corrected chi connectivity index (χ0v) is 11.7. The summed E-state index contributed by atoms with van der Waals surface area (Å²) in [5.41, 5.74) is 6.10. The number of amides is 1. The highest BCUT2D eigenvalue weighted by atomic mass is 16.2. The smallest absolute Gasteiger partial charge is 0.250 e. The molecule has 19 heavy (non-hydrogen) atoms. The standard InChI is InChI=1S/C13H22N4O2/c1-10(2)15-12(18)9-16(3)6-7-17-8-11(14)4-5-13(17)19/h4-5,8,10H,6-7,9,14H2,1-3H3,(H,15,18). The average molecular weight is 266 g/mol. The molecule has 1 aromatic heterocycles. The van der Waals surface area contributed by atoms with E-state index in [-0.39, 0.29) is 17.5 Å². The highest BCUT2D eigenvalue weighted by Gasteiger charge is 2.07. The fraction of sp³-hybridized carbons (Fsp3) is 0.538. The van der Waals surface area contributed by atoms with Crippen molar-refractivity contribution in [2.24, 2.45) is 0 Å². The summed E-state index contributed by atoms with van der Waals surface area (Å²) in [5.74, 6) is -0.0163. The zero-order chi connectivity index (χ0) is 14.4. The molecular formula is C13H22N4O2. The zero-order valence-electron chi connectivity index (χ0n) is 11.7. The van der Waals surface area contributed by atoms with Crippen molar-refractivity contribution < 1.29 is 4.79 Å². The van der Waals surface area contributed by atoms with E-state index >= 15 is 0 Å². The minimum Gasteiger partial charge on any atom is -0.398 e. The molecule has 6 nitrogen and oxygen atoms in total. The number of hydrogen-bond acceptors (Lipinski definition) is 4. The summed E-state index contributed by atoms with van der Waals surface area (Å²) in [5, 5.41) is 2.82. The van der Waals surface area contributed by atoms with Gasteiger partial charge in [-0.3, -0.25) is 14.5 Å². The third-order valence-corrected chi connectivity index (χ3v) is 2.59. The van der Waals surface area contributed by atoms with Gasteiger partial charge in [-0.1, -0.05) is 0 Å². The molecule has 1 amide bonds. The van der Waals surface area contributed by atoms with E-state index in [0.29, 0.717) is 25.3 Å². The van der Waals surface area contributed by atoms with E-state index in [4.69, 9.17) is 5.73 Å². The molecule has 0 saturated heterocycles. The first-order chi connectivity index (χ1) is 8.88. The summed E-state index contributed by atoms with van der Waals surface area (Å²) in [6.07, 6.45) is 1.62. The summed E-state index contributed by atoms with van der Waals surface area (Å²) in [6, 6.07) is 3.16. The number of carbonyl (C=O) groups excluding carboxylic acids is 1. The third-order valence-electron chi connectivity index (χ3n) is 2.59. The molecule has 0 radical (unpaired) electrons. The number of nitrogens with one attached hydrogen (secondary N) is 1. The lowest BCUT2D eigenvalue weighted by atomic mass is 10.3. The highest BCUT2D eigenvalue weighted by molar-refractivity contribution is 5.78. The molecule has 0 spiro atoms. The Labute approximate surface area is 113 Å². The predicted molar refractivity (Wildman–Crippen MR) is 75.9 cm³/mol. The number of rotatable bonds is 6. The molecule has 3 N–H and O–H groups in total. The second-order valence-corrected chi connectivity index (χ2v) is 4.95. The van der Waals surface area contributed by atoms with Crippen LogP contribution in [0.5, 0.6) is 0 Å². The molecule has 0 aliphatic rings. The van der Waals surface area contributed by atoms with Crippen LogP contribution in [0.15, 0.2) is 23.1 Å². The number of carbonyl (C=O) groups is 1. The van der Waals surface area contributed by atoms with Gasteiger partial charge in [-0.2, -0.15) is 0 Å². The molecule has 0 atom stereocenters. The number of nitrogens with zero attached hydrogens (tertiary/aromatic N) is 2. The van der Waals surface area contributed by atoms with Gasteiger partial charge in [-0.25, -0.2) is 0 Å². The van der Waals surface area contributed by atoms with Gasteiger partial charge in [0.25, 0.3) is 5.56 Å². The Bertz CT molecular complexity index is 482. The maximum Gasteiger partial charge on any atom is 0.250 e. The molecule has 0 aromatic carbocycles. The number of aromatic nitrogens is 1. The van der Waals surface area contributed by atoms with Gasteiger partial charge in [0, 0.05) is 37.1 Å². The second kappa shape index (κ2) is 6.94. The van der Waals surface area contributed by atoms with Crippen LogP contribution in [0, 0.1) is 0 Å². The third kappa shape index (κ3) is 5.56. The summed E-state index contributed by atoms with van der Waals surface area (Å²) in [7, 11) is 1.84. The van der Waals surface area contributed by atoms with E-state index in [0.717, 1.165) is 0 Å². The van der Waals surface area contributed by atoms with E-state index in [1.165, 1.54) is 6.07 Å². The number of likely N-dealkylation sites (N-methyl/N-ethyl adjacent to an activating group) is 1. The van der Waals surface area contributed by atoms with Gasteiger partial charge in [0.1, 0.15) is 0 Å². The Balaban J connectivity index is 2.46. The highest BCUT2D eigenvalue weighted by Crippen LogP contribution is 1.96. The van der Waals surface area contributed by atoms with Gasteiger partial charge in [0.2, 0.25) is 5.91 Å². The number of anilines is 1. The molecule has 0 bridgehead atoms. The van der Waals surface area contributed by atoms with Crippen LogP contribution in [0.2, 0.25) is 0 Å². The second-order valence-electron chi connectivity index (χ2n) is 4.95. The Morgan fingerprint density at radius 1 is 1.47 bits per heavy atom. The Morgan fingerprint density at radius 2 is 2.16 bits per heavy atom. The predicted octanol–water partition coefficient (Wildman–Crippen LogP) is -0.113. The largest absolute Gasteiger partial charge is 0.398 e. The minimum absolute atomic E-state index is 0.0163. The molecule has 0 aliphatic carbocycles. The first kappa shape index (κ1) is 15.2. The van der Waals surface area contributed by atoms with E-state index in [1.54, 1.807) is 16.8 Å². The minimum atomic E-state index is -0.0887. The van der Waals surface area contributed by atoms with Crippen molar-refractivity contribution in [2.45, 2.75) is 26.4 Å². The number of hydrogen-bond donors (Lipinski definition) is 2. The van der Waals surface area contributed by atoms with Gasteiger partial charge < -0.3 is 15.6 Å². The summed E-state index contributed by atoms with van der Waals surface area (Å²) in [4.78, 5) is 25.0. The van der Waals surface area contributed by atoms with Crippen molar-refractivity contribution in [2.75, 3.05) is 25.9 Å². The molecule has 0 fully saturated rings. The van der Waals surface area contributed by atoms with Crippen LogP contribution >= 0.6 is 0 Å². The lowest BCUT2D eigenvalue weighted by Crippen LogP contribution is -2.40. The lowest BCUT2D eigenvalue weighted by molar-refractivity contribution is -0.122. The van der Waals surface area contributed by atoms with Crippen molar-refractivity contribution in [1.29, 1.82) is 0 Å². The van der Waals surface area contributed by atoms with Crippen LogP contribution in [-0.4, -0.2) is 41.6 Å². The maximum absolute atomic E-state index is 11.6. The van der Waals surface area contributed by atoms with Crippen LogP contribution in [0.4, 0.5) is 5.69 Å². The van der Waals surface area contributed by atoms with Crippen molar-refractivity contribution in [1.82, 2.24) is 14.8 Å². The van der Waals surface area contributed by atoms with Gasteiger partial charge >= 0.3 is 0 Å². The maximum atomic E-state index is 11.6. The summed E-state index contributed by atoms with van der Waals surface area (Å²) < 4.78 is 1.55.